The number of nitrogens with zero attached hydrogens (tertiary/aromatic N) is 1. The number of hydrogen-bond donors (Lipinski definition) is 3. The topological polar surface area (TPSA) is 65.9 Å². The first-order valence-electron chi connectivity index (χ1n) is 6.92. The summed E-state index contributed by atoms with van der Waals surface area (Å²) < 4.78 is 5.49. The fourth-order valence-electron chi connectivity index (χ4n) is 2.38. The second-order valence-corrected chi connectivity index (χ2v) is 5.97. The minimum absolute atomic E-state index is 0.0365. The van der Waals surface area contributed by atoms with Crippen LogP contribution in [0.1, 0.15) is 18.4 Å². The van der Waals surface area contributed by atoms with Gasteiger partial charge in [0.2, 0.25) is 0 Å². The zero-order valence-electron chi connectivity index (χ0n) is 11.9. The minimum Gasteiger partial charge on any atom is -0.396 e. The molecule has 6 heteroatoms. The van der Waals surface area contributed by atoms with Crippen molar-refractivity contribution in [2.75, 3.05) is 33.4 Å². The zero-order chi connectivity index (χ0) is 14.3. The molecule has 1 atom stereocenters. The first kappa shape index (κ1) is 15.3. The number of aliphatic hydroxyl groups is 1. The molecule has 112 valence electrons. The third-order valence-electron chi connectivity index (χ3n) is 3.72. The van der Waals surface area contributed by atoms with E-state index in [1.807, 2.05) is 0 Å². The van der Waals surface area contributed by atoms with Gasteiger partial charge in [-0.2, -0.15) is 11.3 Å². The predicted octanol–water partition coefficient (Wildman–Crippen LogP) is 1.20. The molecule has 0 radical (unpaired) electrons. The lowest BCUT2D eigenvalue weighted by Crippen LogP contribution is -2.44. The van der Waals surface area contributed by atoms with Gasteiger partial charge in [-0.15, -0.1) is 0 Å². The molecule has 5 nitrogen and oxygen atoms in total. The van der Waals surface area contributed by atoms with Crippen LogP contribution in [-0.4, -0.2) is 44.5 Å². The van der Waals surface area contributed by atoms with Crippen molar-refractivity contribution in [2.45, 2.75) is 19.4 Å². The molecule has 2 heterocycles. The van der Waals surface area contributed by atoms with E-state index >= 15 is 0 Å². The van der Waals surface area contributed by atoms with Gasteiger partial charge < -0.3 is 20.5 Å². The zero-order valence-corrected chi connectivity index (χ0v) is 12.7. The van der Waals surface area contributed by atoms with Crippen LogP contribution in [0.15, 0.2) is 21.8 Å². The Hall–Kier alpha value is -1.11. The summed E-state index contributed by atoms with van der Waals surface area (Å²) >= 11 is 1.69. The highest BCUT2D eigenvalue weighted by atomic mass is 32.1. The van der Waals surface area contributed by atoms with Crippen LogP contribution in [0.5, 0.6) is 0 Å². The van der Waals surface area contributed by atoms with Crippen LogP contribution in [0.4, 0.5) is 0 Å². The third-order valence-corrected chi connectivity index (χ3v) is 4.45. The van der Waals surface area contributed by atoms with E-state index in [4.69, 9.17) is 4.74 Å². The van der Waals surface area contributed by atoms with Gasteiger partial charge in [0.05, 0.1) is 6.61 Å². The fraction of sp³-hybridized carbons (Fsp3) is 0.643. The second kappa shape index (κ2) is 7.61. The molecule has 1 aliphatic heterocycles. The molecule has 0 bridgehead atoms. The van der Waals surface area contributed by atoms with Crippen molar-refractivity contribution in [3.05, 3.63) is 22.4 Å². The summed E-state index contributed by atoms with van der Waals surface area (Å²) in [6.07, 6.45) is 1.75. The highest BCUT2D eigenvalue weighted by molar-refractivity contribution is 7.07. The Morgan fingerprint density at radius 1 is 1.55 bits per heavy atom. The number of aliphatic imine (C=N–C) groups is 1. The quantitative estimate of drug-likeness (QED) is 0.545. The molecule has 0 aliphatic carbocycles. The van der Waals surface area contributed by atoms with E-state index in [-0.39, 0.29) is 12.0 Å². The average molecular weight is 297 g/mol. The Morgan fingerprint density at radius 3 is 3.05 bits per heavy atom. The van der Waals surface area contributed by atoms with Crippen LogP contribution >= 0.6 is 11.3 Å². The van der Waals surface area contributed by atoms with Crippen molar-refractivity contribution in [3.8, 4) is 0 Å². The van der Waals surface area contributed by atoms with Crippen LogP contribution in [0.3, 0.4) is 0 Å². The van der Waals surface area contributed by atoms with Crippen LogP contribution in [0.2, 0.25) is 0 Å². The van der Waals surface area contributed by atoms with Gasteiger partial charge in [0.1, 0.15) is 0 Å². The lowest BCUT2D eigenvalue weighted by molar-refractivity contribution is 0.127. The molecular weight excluding hydrogens is 274 g/mol. The van der Waals surface area contributed by atoms with E-state index in [0.29, 0.717) is 6.61 Å². The Morgan fingerprint density at radius 2 is 2.45 bits per heavy atom. The number of rotatable bonds is 6. The first-order valence-corrected chi connectivity index (χ1v) is 7.86. The summed E-state index contributed by atoms with van der Waals surface area (Å²) in [5.74, 6) is 0.792. The summed E-state index contributed by atoms with van der Waals surface area (Å²) in [6.45, 7) is 3.24. The van der Waals surface area contributed by atoms with Crippen LogP contribution < -0.4 is 10.6 Å². The maximum absolute atomic E-state index is 9.21. The van der Waals surface area contributed by atoms with Crippen molar-refractivity contribution in [1.29, 1.82) is 0 Å². The van der Waals surface area contributed by atoms with Gasteiger partial charge in [0.25, 0.3) is 0 Å². The van der Waals surface area contributed by atoms with Crippen molar-refractivity contribution in [3.63, 3.8) is 0 Å². The molecule has 0 spiro atoms. The number of guanidine groups is 1. The van der Waals surface area contributed by atoms with E-state index in [1.165, 1.54) is 5.56 Å². The second-order valence-electron chi connectivity index (χ2n) is 5.19. The monoisotopic (exact) mass is 297 g/mol. The summed E-state index contributed by atoms with van der Waals surface area (Å²) in [6, 6.07) is 2.10. The number of hydrogen-bond acceptors (Lipinski definition) is 4. The van der Waals surface area contributed by atoms with Crippen molar-refractivity contribution in [2.24, 2.45) is 10.4 Å². The van der Waals surface area contributed by atoms with Gasteiger partial charge in [-0.25, -0.2) is 0 Å². The third kappa shape index (κ3) is 4.19. The van der Waals surface area contributed by atoms with E-state index in [9.17, 15) is 5.11 Å². The summed E-state index contributed by atoms with van der Waals surface area (Å²) in [5, 5.41) is 20.1. The van der Waals surface area contributed by atoms with Gasteiger partial charge in [-0.05, 0) is 35.2 Å². The SMILES string of the molecule is CN=C(NCc1ccsc1)NCC1(CCO)CCOC1. The largest absolute Gasteiger partial charge is 0.396 e. The van der Waals surface area contributed by atoms with Gasteiger partial charge in [0.15, 0.2) is 5.96 Å². The van der Waals surface area contributed by atoms with Crippen molar-refractivity contribution < 1.29 is 9.84 Å². The molecule has 1 fully saturated rings. The molecule has 1 unspecified atom stereocenters. The molecule has 3 N–H and O–H groups in total. The smallest absolute Gasteiger partial charge is 0.191 e. The molecule has 2 rings (SSSR count). The molecule has 0 saturated carbocycles. The van der Waals surface area contributed by atoms with Gasteiger partial charge in [0, 0.05) is 38.8 Å². The molecule has 0 amide bonds. The van der Waals surface area contributed by atoms with E-state index in [2.05, 4.69) is 32.5 Å². The Labute approximate surface area is 124 Å². The maximum atomic E-state index is 9.21. The first-order chi connectivity index (χ1) is 9.78. The molecule has 1 aromatic heterocycles. The number of nitrogens with one attached hydrogen (secondary N) is 2. The Balaban J connectivity index is 1.80. The van der Waals surface area contributed by atoms with Crippen LogP contribution in [0.25, 0.3) is 0 Å². The number of aliphatic hydroxyl groups excluding tert-OH is 1. The fourth-order valence-corrected chi connectivity index (χ4v) is 3.05. The molecule has 1 aliphatic rings. The normalized spacial score (nSPS) is 23.0. The molecule has 1 aromatic rings. The molecular formula is C14H23N3O2S. The van der Waals surface area contributed by atoms with Gasteiger partial charge in [-0.3, -0.25) is 4.99 Å². The van der Waals surface area contributed by atoms with Gasteiger partial charge in [-0.1, -0.05) is 0 Å². The van der Waals surface area contributed by atoms with E-state index in [1.54, 1.807) is 18.4 Å². The average Bonchev–Trinajstić information content (AvgIpc) is 3.11. The Bertz CT molecular complexity index is 414. The highest BCUT2D eigenvalue weighted by Gasteiger charge is 2.34. The highest BCUT2D eigenvalue weighted by Crippen LogP contribution is 2.31. The summed E-state index contributed by atoms with van der Waals surface area (Å²) in [7, 11) is 1.77. The van der Waals surface area contributed by atoms with Crippen molar-refractivity contribution >= 4 is 17.3 Å². The van der Waals surface area contributed by atoms with Crippen LogP contribution in [-0.2, 0) is 11.3 Å². The predicted molar refractivity (Wildman–Crippen MR) is 82.1 cm³/mol. The molecule has 1 saturated heterocycles. The summed E-state index contributed by atoms with van der Waals surface area (Å²) in [4.78, 5) is 4.23. The van der Waals surface area contributed by atoms with Gasteiger partial charge >= 0.3 is 0 Å². The minimum atomic E-state index is 0.0365. The maximum Gasteiger partial charge on any atom is 0.191 e. The lowest BCUT2D eigenvalue weighted by atomic mass is 9.84. The Kier molecular flexibility index (Phi) is 5.82. The van der Waals surface area contributed by atoms with E-state index < -0.39 is 0 Å². The van der Waals surface area contributed by atoms with Crippen LogP contribution in [0, 0.1) is 5.41 Å². The standard InChI is InChI=1S/C14H23N3O2S/c1-15-13(16-8-12-2-7-20-9-12)17-10-14(3-5-18)4-6-19-11-14/h2,7,9,18H,3-6,8,10-11H2,1H3,(H2,15,16,17). The van der Waals surface area contributed by atoms with Crippen molar-refractivity contribution in [1.82, 2.24) is 10.6 Å². The number of thiophene rings is 1. The molecule has 0 aromatic carbocycles. The molecule has 20 heavy (non-hydrogen) atoms. The van der Waals surface area contributed by atoms with E-state index in [0.717, 1.165) is 38.5 Å². The lowest BCUT2D eigenvalue weighted by Gasteiger charge is -2.27. The number of ether oxygens (including phenoxy) is 1. The summed E-state index contributed by atoms with van der Waals surface area (Å²) in [5.41, 5.74) is 1.29.